The van der Waals surface area contributed by atoms with Gasteiger partial charge in [-0.05, 0) is 24.3 Å². The fourth-order valence-corrected chi connectivity index (χ4v) is 2.84. The summed E-state index contributed by atoms with van der Waals surface area (Å²) in [6.45, 7) is 0. The molecule has 4 rings (SSSR count). The number of nitrogens with zero attached hydrogens (tertiary/aromatic N) is 1. The van der Waals surface area contributed by atoms with E-state index in [0.717, 1.165) is 6.07 Å². The first kappa shape index (κ1) is 15.8. The fraction of sp³-hybridized carbons (Fsp3) is 0. The van der Waals surface area contributed by atoms with Gasteiger partial charge in [0.05, 0.1) is 10.9 Å². The number of pyridine rings is 2. The maximum Gasteiger partial charge on any atom is 0.257 e. The second-order valence-corrected chi connectivity index (χ2v) is 5.64. The number of H-pyrrole nitrogens is 1. The van der Waals surface area contributed by atoms with Crippen molar-refractivity contribution in [3.05, 3.63) is 76.5 Å². The summed E-state index contributed by atoms with van der Waals surface area (Å²) in [6.07, 6.45) is 1.48. The Morgan fingerprint density at radius 3 is 2.62 bits per heavy atom. The first-order valence-corrected chi connectivity index (χ1v) is 7.71. The first-order valence-electron chi connectivity index (χ1n) is 7.71. The zero-order chi connectivity index (χ0) is 18.3. The summed E-state index contributed by atoms with van der Waals surface area (Å²) in [5.41, 5.74) is 5.00. The smallest absolute Gasteiger partial charge is 0.257 e. The van der Waals surface area contributed by atoms with Gasteiger partial charge < -0.3 is 15.5 Å². The third-order valence-corrected chi connectivity index (χ3v) is 4.02. The van der Waals surface area contributed by atoms with Crippen molar-refractivity contribution in [3.8, 4) is 11.5 Å². The number of fused-ring (bicyclic) bond motifs is 3. The molecule has 3 N–H and O–H groups in total. The van der Waals surface area contributed by atoms with Crippen molar-refractivity contribution in [1.29, 1.82) is 0 Å². The zero-order valence-corrected chi connectivity index (χ0v) is 13.3. The lowest BCUT2D eigenvalue weighted by Gasteiger charge is -2.11. The van der Waals surface area contributed by atoms with Crippen LogP contribution in [0.25, 0.3) is 21.8 Å². The first-order chi connectivity index (χ1) is 12.5. The molecule has 4 aromatic rings. The fourth-order valence-electron chi connectivity index (χ4n) is 2.84. The van der Waals surface area contributed by atoms with E-state index in [9.17, 15) is 14.0 Å². The lowest BCUT2D eigenvalue weighted by molar-refractivity contribution is 0.0996. The van der Waals surface area contributed by atoms with Gasteiger partial charge in [-0.3, -0.25) is 9.59 Å². The molecule has 0 bridgehead atoms. The number of rotatable bonds is 3. The number of ether oxygens (including phenoxy) is 1. The van der Waals surface area contributed by atoms with Gasteiger partial charge in [0, 0.05) is 23.0 Å². The third kappa shape index (κ3) is 2.55. The highest BCUT2D eigenvalue weighted by Gasteiger charge is 2.13. The maximum atomic E-state index is 14.0. The highest BCUT2D eigenvalue weighted by molar-refractivity contribution is 6.07. The molecular weight excluding hydrogens is 337 g/mol. The molecule has 7 heteroatoms. The molecule has 26 heavy (non-hydrogen) atoms. The van der Waals surface area contributed by atoms with E-state index in [1.165, 1.54) is 18.3 Å². The van der Waals surface area contributed by atoms with Gasteiger partial charge in [-0.15, -0.1) is 0 Å². The summed E-state index contributed by atoms with van der Waals surface area (Å²) >= 11 is 0. The average Bonchev–Trinajstić information content (AvgIpc) is 2.62. The van der Waals surface area contributed by atoms with Gasteiger partial charge in [-0.25, -0.2) is 9.37 Å². The van der Waals surface area contributed by atoms with Crippen molar-refractivity contribution in [2.24, 2.45) is 5.73 Å². The minimum Gasteiger partial charge on any atom is -0.456 e. The summed E-state index contributed by atoms with van der Waals surface area (Å²) < 4.78 is 19.8. The Morgan fingerprint density at radius 2 is 1.88 bits per heavy atom. The van der Waals surface area contributed by atoms with Crippen LogP contribution in [0, 0.1) is 5.82 Å². The Labute approximate surface area is 146 Å². The molecule has 1 amide bonds. The monoisotopic (exact) mass is 349 g/mol. The number of primary amides is 1. The van der Waals surface area contributed by atoms with Crippen molar-refractivity contribution in [1.82, 2.24) is 9.97 Å². The van der Waals surface area contributed by atoms with E-state index in [0.29, 0.717) is 27.6 Å². The number of nitrogens with two attached hydrogens (primary N) is 1. The normalized spacial score (nSPS) is 11.0. The van der Waals surface area contributed by atoms with E-state index >= 15 is 0 Å². The molecule has 2 aromatic heterocycles. The number of amides is 1. The largest absolute Gasteiger partial charge is 0.456 e. The summed E-state index contributed by atoms with van der Waals surface area (Å²) in [5, 5.41) is 1.76. The van der Waals surface area contributed by atoms with Crippen molar-refractivity contribution >= 4 is 27.7 Å². The van der Waals surface area contributed by atoms with Crippen LogP contribution in [0.2, 0.25) is 0 Å². The summed E-state index contributed by atoms with van der Waals surface area (Å²) in [4.78, 5) is 30.2. The minimum absolute atomic E-state index is 0.190. The van der Waals surface area contributed by atoms with Crippen LogP contribution in [-0.2, 0) is 0 Å². The molecule has 0 saturated heterocycles. The topological polar surface area (TPSA) is 98.1 Å². The summed E-state index contributed by atoms with van der Waals surface area (Å²) in [6, 6.07) is 12.5. The van der Waals surface area contributed by atoms with Crippen molar-refractivity contribution < 1.29 is 13.9 Å². The third-order valence-electron chi connectivity index (χ3n) is 4.02. The average molecular weight is 349 g/mol. The van der Waals surface area contributed by atoms with Crippen LogP contribution >= 0.6 is 0 Å². The highest BCUT2D eigenvalue weighted by atomic mass is 19.1. The lowest BCUT2D eigenvalue weighted by atomic mass is 10.1. The van der Waals surface area contributed by atoms with Crippen LogP contribution in [0.3, 0.4) is 0 Å². The SMILES string of the molecule is NC(=O)c1ccc(Oc2ccnc3[nH]c(=O)c4ccccc4c23)cc1F. The molecule has 0 atom stereocenters. The predicted molar refractivity (Wildman–Crippen MR) is 94.9 cm³/mol. The number of halogens is 1. The number of benzene rings is 2. The standard InChI is InChI=1S/C19H12FN3O3/c20-14-9-10(5-6-13(14)17(21)24)26-15-7-8-22-18-16(15)11-3-1-2-4-12(11)19(25)23-18/h1-9H,(H2,21,24)(H,22,23,25). The molecule has 2 heterocycles. The second kappa shape index (κ2) is 5.96. The number of carbonyl (C=O) groups excluding carboxylic acids is 1. The van der Waals surface area contributed by atoms with Gasteiger partial charge in [0.15, 0.2) is 0 Å². The molecule has 0 saturated carbocycles. The molecule has 128 valence electrons. The molecule has 0 aliphatic carbocycles. The molecule has 0 radical (unpaired) electrons. The van der Waals surface area contributed by atoms with Gasteiger partial charge in [0.25, 0.3) is 11.5 Å². The number of carbonyl (C=O) groups is 1. The molecule has 2 aromatic carbocycles. The van der Waals surface area contributed by atoms with E-state index in [2.05, 4.69) is 9.97 Å². The molecule has 0 fully saturated rings. The molecule has 0 aliphatic rings. The number of hydrogen-bond acceptors (Lipinski definition) is 4. The number of nitrogens with one attached hydrogen (secondary N) is 1. The zero-order valence-electron chi connectivity index (χ0n) is 13.3. The Balaban J connectivity index is 1.90. The number of aromatic nitrogens is 2. The summed E-state index contributed by atoms with van der Waals surface area (Å²) in [7, 11) is 0. The Kier molecular flexibility index (Phi) is 3.62. The quantitative estimate of drug-likeness (QED) is 0.555. The lowest BCUT2D eigenvalue weighted by Crippen LogP contribution is -2.12. The van der Waals surface area contributed by atoms with Crippen LogP contribution in [0.4, 0.5) is 4.39 Å². The van der Waals surface area contributed by atoms with Crippen LogP contribution in [0.1, 0.15) is 10.4 Å². The van der Waals surface area contributed by atoms with E-state index in [-0.39, 0.29) is 16.9 Å². The second-order valence-electron chi connectivity index (χ2n) is 5.64. The van der Waals surface area contributed by atoms with Crippen molar-refractivity contribution in [2.75, 3.05) is 0 Å². The Bertz CT molecular complexity index is 1230. The van der Waals surface area contributed by atoms with Crippen LogP contribution in [0.15, 0.2) is 59.5 Å². The maximum absolute atomic E-state index is 14.0. The molecule has 0 spiro atoms. The summed E-state index contributed by atoms with van der Waals surface area (Å²) in [5.74, 6) is -1.04. The van der Waals surface area contributed by atoms with Gasteiger partial charge in [-0.1, -0.05) is 18.2 Å². The molecular formula is C19H12FN3O3. The van der Waals surface area contributed by atoms with E-state index in [1.54, 1.807) is 30.3 Å². The minimum atomic E-state index is -0.855. The van der Waals surface area contributed by atoms with E-state index in [1.807, 2.05) is 0 Å². The highest BCUT2D eigenvalue weighted by Crippen LogP contribution is 2.32. The van der Waals surface area contributed by atoms with Gasteiger partial charge >= 0.3 is 0 Å². The van der Waals surface area contributed by atoms with E-state index in [4.69, 9.17) is 10.5 Å². The Morgan fingerprint density at radius 1 is 1.12 bits per heavy atom. The van der Waals surface area contributed by atoms with Gasteiger partial charge in [-0.2, -0.15) is 0 Å². The van der Waals surface area contributed by atoms with Crippen molar-refractivity contribution in [3.63, 3.8) is 0 Å². The number of aromatic amines is 1. The predicted octanol–water partition coefficient (Wildman–Crippen LogP) is 3.11. The van der Waals surface area contributed by atoms with Crippen LogP contribution in [-0.4, -0.2) is 15.9 Å². The van der Waals surface area contributed by atoms with Crippen LogP contribution in [0.5, 0.6) is 11.5 Å². The van der Waals surface area contributed by atoms with Gasteiger partial charge in [0.2, 0.25) is 0 Å². The van der Waals surface area contributed by atoms with Gasteiger partial charge in [0.1, 0.15) is 23.0 Å². The molecule has 0 aliphatic heterocycles. The van der Waals surface area contributed by atoms with E-state index < -0.39 is 11.7 Å². The molecule has 0 unspecified atom stereocenters. The van der Waals surface area contributed by atoms with Crippen LogP contribution < -0.4 is 16.0 Å². The molecule has 6 nitrogen and oxygen atoms in total. The van der Waals surface area contributed by atoms with Crippen molar-refractivity contribution in [2.45, 2.75) is 0 Å². The Hall–Kier alpha value is -3.74. The number of hydrogen-bond donors (Lipinski definition) is 2.